The van der Waals surface area contributed by atoms with E-state index in [0.717, 1.165) is 30.4 Å². The summed E-state index contributed by atoms with van der Waals surface area (Å²) < 4.78 is 0. The summed E-state index contributed by atoms with van der Waals surface area (Å²) in [6.07, 6.45) is 9.28. The monoisotopic (exact) mass is 392 g/mol. The molecule has 4 rings (SSSR count). The van der Waals surface area contributed by atoms with Crippen LogP contribution in [0.1, 0.15) is 31.7 Å². The molecule has 136 valence electrons. The number of pyridine rings is 1. The summed E-state index contributed by atoms with van der Waals surface area (Å²) in [5, 5.41) is 21.8. The molecule has 1 amide bonds. The molecule has 0 unspecified atom stereocenters. The molecule has 2 aliphatic heterocycles. The Bertz CT molecular complexity index is 805. The van der Waals surface area contributed by atoms with Crippen LogP contribution in [0.3, 0.4) is 0 Å². The van der Waals surface area contributed by atoms with Gasteiger partial charge in [-0.15, -0.1) is 0 Å². The number of aliphatic hydroxyl groups excluding tert-OH is 1. The van der Waals surface area contributed by atoms with Crippen molar-refractivity contribution in [1.82, 2.24) is 9.88 Å². The third-order valence-corrected chi connectivity index (χ3v) is 5.88. The summed E-state index contributed by atoms with van der Waals surface area (Å²) in [4.78, 5) is 29.6. The van der Waals surface area contributed by atoms with Crippen molar-refractivity contribution in [2.75, 3.05) is 0 Å². The number of hydrogen-bond acceptors (Lipinski definition) is 5. The maximum atomic E-state index is 12.4. The second-order valence-corrected chi connectivity index (χ2v) is 7.34. The topological polar surface area (TPSA) is 93.6 Å². The van der Waals surface area contributed by atoms with Crippen LogP contribution in [0, 0.1) is 17.8 Å². The molecule has 5 atom stereocenters. The van der Waals surface area contributed by atoms with Gasteiger partial charge in [-0.25, -0.2) is 0 Å². The van der Waals surface area contributed by atoms with E-state index in [1.165, 1.54) is 4.90 Å². The molecule has 1 aliphatic carbocycles. The van der Waals surface area contributed by atoms with E-state index < -0.39 is 18.0 Å². The molecule has 1 saturated heterocycles. The fourth-order valence-electron chi connectivity index (χ4n) is 4.82. The molecule has 1 N–H and O–H groups in total. The van der Waals surface area contributed by atoms with Crippen molar-refractivity contribution >= 4 is 18.0 Å². The van der Waals surface area contributed by atoms with Crippen molar-refractivity contribution in [3.05, 3.63) is 47.4 Å². The first-order chi connectivity index (χ1) is 12.5. The summed E-state index contributed by atoms with van der Waals surface area (Å²) in [6.45, 7) is 1.60. The number of carbonyl (C=O) groups is 2. The maximum absolute atomic E-state index is 12.4. The Hall–Kier alpha value is -0.834. The SMILES string of the molecule is C[C@@H](O)[C@H]1C(=O)N2C(C(=O)[O-])=C3[C@@H](/C=C/c4ccncc4)CCC[C@@H]3[C@H]12.[K+]. The third kappa shape index (κ3) is 3.49. The zero-order chi connectivity index (χ0) is 18.4. The molecule has 6 nitrogen and oxygen atoms in total. The molecular weight excluding hydrogens is 371 g/mol. The number of carbonyl (C=O) groups excluding carboxylic acids is 2. The second kappa shape index (κ2) is 8.27. The Kier molecular flexibility index (Phi) is 6.40. The van der Waals surface area contributed by atoms with Gasteiger partial charge in [-0.05, 0) is 43.0 Å². The van der Waals surface area contributed by atoms with E-state index in [1.54, 1.807) is 19.3 Å². The molecule has 2 fully saturated rings. The van der Waals surface area contributed by atoms with Gasteiger partial charge in [-0.3, -0.25) is 9.78 Å². The second-order valence-electron chi connectivity index (χ2n) is 7.34. The van der Waals surface area contributed by atoms with Crippen LogP contribution < -0.4 is 56.5 Å². The fourth-order valence-corrected chi connectivity index (χ4v) is 4.82. The molecule has 3 heterocycles. The van der Waals surface area contributed by atoms with Gasteiger partial charge in [0.1, 0.15) is 0 Å². The minimum atomic E-state index is -1.30. The van der Waals surface area contributed by atoms with Crippen LogP contribution in [0.2, 0.25) is 0 Å². The number of allylic oxidation sites excluding steroid dienone is 1. The number of aliphatic hydroxyl groups is 1. The predicted octanol–water partition coefficient (Wildman–Crippen LogP) is -2.26. The average Bonchev–Trinajstić information content (AvgIpc) is 2.92. The molecule has 0 radical (unpaired) electrons. The maximum Gasteiger partial charge on any atom is 1.00 e. The van der Waals surface area contributed by atoms with Crippen LogP contribution in [0.5, 0.6) is 0 Å². The van der Waals surface area contributed by atoms with E-state index >= 15 is 0 Å². The van der Waals surface area contributed by atoms with Gasteiger partial charge in [-0.2, -0.15) is 0 Å². The molecule has 3 aliphatic rings. The average molecular weight is 392 g/mol. The van der Waals surface area contributed by atoms with E-state index in [0.29, 0.717) is 0 Å². The number of nitrogens with zero attached hydrogens (tertiary/aromatic N) is 2. The van der Waals surface area contributed by atoms with Gasteiger partial charge in [-0.1, -0.05) is 18.6 Å². The summed E-state index contributed by atoms with van der Waals surface area (Å²) >= 11 is 0. The number of amides is 1. The van der Waals surface area contributed by atoms with Crippen molar-refractivity contribution in [2.24, 2.45) is 17.8 Å². The standard InChI is InChI=1S/C20H22N2O4.K/c1-11(23)15-17-14-4-2-3-13(6-5-12-7-9-21-10-8-12)16(14)18(20(25)26)22(17)19(15)24;/h5-11,13-15,17,23H,2-4H2,1H3,(H,25,26);/q;+1/p-1/b6-5+;/t11-,13-,14+,15-,17-;/m1./s1. The van der Waals surface area contributed by atoms with Crippen LogP contribution in [-0.2, 0) is 9.59 Å². The van der Waals surface area contributed by atoms with Crippen molar-refractivity contribution < 1.29 is 71.2 Å². The number of rotatable bonds is 4. The predicted molar refractivity (Wildman–Crippen MR) is 91.9 cm³/mol. The van der Waals surface area contributed by atoms with E-state index in [1.807, 2.05) is 24.3 Å². The number of aromatic nitrogens is 1. The summed E-state index contributed by atoms with van der Waals surface area (Å²) in [5.41, 5.74) is 1.82. The molecule has 1 aromatic rings. The first kappa shape index (κ1) is 20.9. The Morgan fingerprint density at radius 2 is 2.07 bits per heavy atom. The molecule has 1 saturated carbocycles. The zero-order valence-electron chi connectivity index (χ0n) is 15.5. The smallest absolute Gasteiger partial charge is 0.543 e. The van der Waals surface area contributed by atoms with Gasteiger partial charge in [0.25, 0.3) is 0 Å². The molecule has 0 aromatic carbocycles. The van der Waals surface area contributed by atoms with Crippen LogP contribution in [0.25, 0.3) is 6.08 Å². The minimum absolute atomic E-state index is 0. The van der Waals surface area contributed by atoms with Gasteiger partial charge < -0.3 is 19.9 Å². The van der Waals surface area contributed by atoms with Crippen molar-refractivity contribution in [1.29, 1.82) is 0 Å². The molecule has 0 bridgehead atoms. The first-order valence-electron chi connectivity index (χ1n) is 9.05. The Morgan fingerprint density at radius 3 is 2.70 bits per heavy atom. The van der Waals surface area contributed by atoms with Gasteiger partial charge in [0.05, 0.1) is 29.7 Å². The minimum Gasteiger partial charge on any atom is -0.543 e. The van der Waals surface area contributed by atoms with E-state index in [2.05, 4.69) is 4.98 Å². The zero-order valence-corrected chi connectivity index (χ0v) is 18.7. The molecule has 27 heavy (non-hydrogen) atoms. The Morgan fingerprint density at radius 1 is 1.37 bits per heavy atom. The molecule has 7 heteroatoms. The quantitative estimate of drug-likeness (QED) is 0.461. The van der Waals surface area contributed by atoms with Crippen LogP contribution in [0.15, 0.2) is 41.9 Å². The summed E-state index contributed by atoms with van der Waals surface area (Å²) in [5.74, 6) is -2.17. The Balaban J connectivity index is 0.00000210. The molecule has 1 aromatic heterocycles. The number of β-lactam (4-membered cyclic amide) rings is 1. The number of carboxylic acids is 1. The van der Waals surface area contributed by atoms with E-state index in [-0.39, 0.29) is 80.9 Å². The first-order valence-corrected chi connectivity index (χ1v) is 9.05. The fraction of sp³-hybridized carbons (Fsp3) is 0.450. The van der Waals surface area contributed by atoms with Crippen molar-refractivity contribution in [3.63, 3.8) is 0 Å². The molecule has 0 spiro atoms. The van der Waals surface area contributed by atoms with E-state index in [4.69, 9.17) is 0 Å². The third-order valence-electron chi connectivity index (χ3n) is 5.88. The van der Waals surface area contributed by atoms with Crippen LogP contribution in [0.4, 0.5) is 0 Å². The van der Waals surface area contributed by atoms with Crippen LogP contribution >= 0.6 is 0 Å². The number of aliphatic carboxylic acids is 1. The van der Waals surface area contributed by atoms with Crippen molar-refractivity contribution in [3.8, 4) is 0 Å². The van der Waals surface area contributed by atoms with Crippen LogP contribution in [-0.4, -0.2) is 39.0 Å². The number of hydrogen-bond donors (Lipinski definition) is 1. The normalized spacial score (nSPS) is 30.4. The van der Waals surface area contributed by atoms with Gasteiger partial charge in [0, 0.05) is 24.2 Å². The van der Waals surface area contributed by atoms with Gasteiger partial charge in [0.15, 0.2) is 0 Å². The van der Waals surface area contributed by atoms with Gasteiger partial charge in [0.2, 0.25) is 5.91 Å². The number of fused-ring (bicyclic) bond motifs is 3. The molecular formula is C20H21KN2O4. The summed E-state index contributed by atoms with van der Waals surface area (Å²) in [6, 6.07) is 3.53. The largest absolute Gasteiger partial charge is 1.00 e. The van der Waals surface area contributed by atoms with E-state index in [9.17, 15) is 19.8 Å². The van der Waals surface area contributed by atoms with Crippen molar-refractivity contribution in [2.45, 2.75) is 38.3 Å². The Labute approximate surface area is 200 Å². The van der Waals surface area contributed by atoms with Gasteiger partial charge >= 0.3 is 51.4 Å². The summed E-state index contributed by atoms with van der Waals surface area (Å²) in [7, 11) is 0. The number of carboxylic acid groups (broad SMARTS) is 1.